The van der Waals surface area contributed by atoms with E-state index in [1.807, 2.05) is 19.1 Å². The number of rotatable bonds is 7. The van der Waals surface area contributed by atoms with Crippen LogP contribution >= 0.6 is 11.6 Å². The fourth-order valence-electron chi connectivity index (χ4n) is 2.49. The monoisotopic (exact) mass is 402 g/mol. The van der Waals surface area contributed by atoms with Crippen molar-refractivity contribution < 1.29 is 19.1 Å². The van der Waals surface area contributed by atoms with Gasteiger partial charge in [0.2, 0.25) is 0 Å². The molecule has 148 valence electrons. The Kier molecular flexibility index (Phi) is 7.58. The van der Waals surface area contributed by atoms with Crippen LogP contribution in [0.5, 0.6) is 0 Å². The highest BCUT2D eigenvalue weighted by Gasteiger charge is 2.27. The number of aryl methyl sites for hydroxylation is 1. The first kappa shape index (κ1) is 21.4. The van der Waals surface area contributed by atoms with Crippen molar-refractivity contribution in [2.24, 2.45) is 5.92 Å². The second kappa shape index (κ2) is 9.90. The summed E-state index contributed by atoms with van der Waals surface area (Å²) in [5.41, 5.74) is 1.81. The number of halogens is 1. The number of hydrogen-bond acceptors (Lipinski definition) is 4. The number of benzene rings is 2. The van der Waals surface area contributed by atoms with Crippen LogP contribution in [0.4, 0.5) is 5.69 Å². The van der Waals surface area contributed by atoms with E-state index in [0.29, 0.717) is 5.69 Å². The molecule has 6 nitrogen and oxygen atoms in total. The smallest absolute Gasteiger partial charge is 0.329 e. The number of para-hydroxylation sites is 1. The van der Waals surface area contributed by atoms with E-state index in [2.05, 4.69) is 10.6 Å². The second-order valence-electron chi connectivity index (χ2n) is 6.65. The zero-order valence-electron chi connectivity index (χ0n) is 16.0. The molecule has 2 aromatic carbocycles. The molecule has 0 bridgehead atoms. The fraction of sp³-hybridized carbons (Fsp3) is 0.286. The molecule has 0 fully saturated rings. The van der Waals surface area contributed by atoms with Gasteiger partial charge in [0.05, 0.1) is 10.6 Å². The van der Waals surface area contributed by atoms with E-state index in [4.69, 9.17) is 16.3 Å². The number of anilines is 1. The number of carbonyl (C=O) groups excluding carboxylic acids is 3. The minimum atomic E-state index is -0.907. The fourth-order valence-corrected chi connectivity index (χ4v) is 2.71. The van der Waals surface area contributed by atoms with Crippen LogP contribution in [0.15, 0.2) is 48.5 Å². The molecule has 0 aliphatic rings. The molecule has 0 radical (unpaired) electrons. The van der Waals surface area contributed by atoms with Gasteiger partial charge in [-0.05, 0) is 36.6 Å². The van der Waals surface area contributed by atoms with Crippen LogP contribution in [0.3, 0.4) is 0 Å². The molecule has 0 saturated carbocycles. The van der Waals surface area contributed by atoms with Crippen LogP contribution in [-0.4, -0.2) is 30.4 Å². The summed E-state index contributed by atoms with van der Waals surface area (Å²) >= 11 is 6.02. The van der Waals surface area contributed by atoms with Crippen molar-refractivity contribution in [3.63, 3.8) is 0 Å². The molecule has 7 heteroatoms. The minimum Gasteiger partial charge on any atom is -0.454 e. The van der Waals surface area contributed by atoms with E-state index in [1.165, 1.54) is 0 Å². The van der Waals surface area contributed by atoms with E-state index < -0.39 is 30.4 Å². The number of amides is 2. The molecular formula is C21H23ClN2O4. The summed E-state index contributed by atoms with van der Waals surface area (Å²) in [4.78, 5) is 36.9. The van der Waals surface area contributed by atoms with Crippen molar-refractivity contribution in [3.05, 3.63) is 64.7 Å². The molecule has 1 atom stereocenters. The zero-order valence-corrected chi connectivity index (χ0v) is 16.7. The Labute approximate surface area is 169 Å². The van der Waals surface area contributed by atoms with Gasteiger partial charge in [0, 0.05) is 5.69 Å². The van der Waals surface area contributed by atoms with Crippen LogP contribution in [0, 0.1) is 12.8 Å². The highest BCUT2D eigenvalue weighted by Crippen LogP contribution is 2.16. The van der Waals surface area contributed by atoms with Crippen molar-refractivity contribution in [3.8, 4) is 0 Å². The van der Waals surface area contributed by atoms with E-state index >= 15 is 0 Å². The molecule has 2 amide bonds. The maximum Gasteiger partial charge on any atom is 0.329 e. The number of ether oxygens (including phenoxy) is 1. The van der Waals surface area contributed by atoms with Gasteiger partial charge >= 0.3 is 5.97 Å². The van der Waals surface area contributed by atoms with Gasteiger partial charge in [0.1, 0.15) is 6.04 Å². The van der Waals surface area contributed by atoms with Crippen LogP contribution in [-0.2, 0) is 14.3 Å². The Balaban J connectivity index is 1.95. The lowest BCUT2D eigenvalue weighted by molar-refractivity contribution is -0.150. The third kappa shape index (κ3) is 5.82. The topological polar surface area (TPSA) is 84.5 Å². The van der Waals surface area contributed by atoms with Crippen molar-refractivity contribution in [1.82, 2.24) is 5.32 Å². The summed E-state index contributed by atoms with van der Waals surface area (Å²) < 4.78 is 5.11. The van der Waals surface area contributed by atoms with Gasteiger partial charge in [-0.2, -0.15) is 0 Å². The standard InChI is InChI=1S/C21H23ClN2O4/c1-13(2)19(24-20(26)15-9-5-6-10-16(15)22)21(27)28-12-18(25)23-17-11-7-4-8-14(17)3/h4-11,13,19H,12H2,1-3H3,(H,23,25)(H,24,26)/t19-/m0/s1. The van der Waals surface area contributed by atoms with E-state index in [0.717, 1.165) is 5.56 Å². The predicted octanol–water partition coefficient (Wildman–Crippen LogP) is 3.58. The van der Waals surface area contributed by atoms with Gasteiger partial charge in [-0.15, -0.1) is 0 Å². The number of nitrogens with one attached hydrogen (secondary N) is 2. The highest BCUT2D eigenvalue weighted by atomic mass is 35.5. The molecule has 0 aliphatic heterocycles. The lowest BCUT2D eigenvalue weighted by atomic mass is 10.0. The SMILES string of the molecule is Cc1ccccc1NC(=O)COC(=O)[C@@H](NC(=O)c1ccccc1Cl)C(C)C. The van der Waals surface area contributed by atoms with Crippen LogP contribution in [0.25, 0.3) is 0 Å². The molecule has 0 unspecified atom stereocenters. The molecule has 28 heavy (non-hydrogen) atoms. The largest absolute Gasteiger partial charge is 0.454 e. The summed E-state index contributed by atoms with van der Waals surface area (Å²) in [5, 5.41) is 5.60. The Morgan fingerprint density at radius 1 is 1.04 bits per heavy atom. The molecule has 0 aliphatic carbocycles. The van der Waals surface area contributed by atoms with Crippen molar-refractivity contribution in [2.75, 3.05) is 11.9 Å². The third-order valence-electron chi connectivity index (χ3n) is 4.09. The van der Waals surface area contributed by atoms with Gasteiger partial charge in [-0.3, -0.25) is 9.59 Å². The van der Waals surface area contributed by atoms with E-state index in [-0.39, 0.29) is 16.5 Å². The Morgan fingerprint density at radius 2 is 1.68 bits per heavy atom. The zero-order chi connectivity index (χ0) is 20.7. The van der Waals surface area contributed by atoms with Gasteiger partial charge in [0.25, 0.3) is 11.8 Å². The summed E-state index contributed by atoms with van der Waals surface area (Å²) in [6.45, 7) is 4.96. The molecule has 0 heterocycles. The van der Waals surface area contributed by atoms with Gasteiger partial charge in [-0.1, -0.05) is 55.8 Å². The summed E-state index contributed by atoms with van der Waals surface area (Å²) in [6, 6.07) is 12.9. The summed E-state index contributed by atoms with van der Waals surface area (Å²) in [6.07, 6.45) is 0. The highest BCUT2D eigenvalue weighted by molar-refractivity contribution is 6.33. The first-order valence-electron chi connectivity index (χ1n) is 8.87. The lowest BCUT2D eigenvalue weighted by Gasteiger charge is -2.21. The number of esters is 1. The maximum atomic E-state index is 12.4. The van der Waals surface area contributed by atoms with Gasteiger partial charge < -0.3 is 15.4 Å². The normalized spacial score (nSPS) is 11.6. The molecular weight excluding hydrogens is 380 g/mol. The average Bonchev–Trinajstić information content (AvgIpc) is 2.66. The lowest BCUT2D eigenvalue weighted by Crippen LogP contribution is -2.46. The molecule has 2 aromatic rings. The molecule has 0 aromatic heterocycles. The van der Waals surface area contributed by atoms with E-state index in [1.54, 1.807) is 50.2 Å². The van der Waals surface area contributed by atoms with E-state index in [9.17, 15) is 14.4 Å². The van der Waals surface area contributed by atoms with Crippen LogP contribution in [0.2, 0.25) is 5.02 Å². The van der Waals surface area contributed by atoms with Crippen molar-refractivity contribution in [1.29, 1.82) is 0 Å². The quantitative estimate of drug-likeness (QED) is 0.693. The van der Waals surface area contributed by atoms with Gasteiger partial charge in [0.15, 0.2) is 6.61 Å². The summed E-state index contributed by atoms with van der Waals surface area (Å²) in [5.74, 6) is -1.86. The average molecular weight is 403 g/mol. The Hall–Kier alpha value is -2.86. The first-order valence-corrected chi connectivity index (χ1v) is 9.25. The molecule has 2 rings (SSSR count). The van der Waals surface area contributed by atoms with Crippen molar-refractivity contribution >= 4 is 35.1 Å². The first-order chi connectivity index (χ1) is 13.3. The Morgan fingerprint density at radius 3 is 2.32 bits per heavy atom. The maximum absolute atomic E-state index is 12.4. The second-order valence-corrected chi connectivity index (χ2v) is 7.05. The molecule has 0 saturated heterocycles. The predicted molar refractivity (Wildman–Crippen MR) is 108 cm³/mol. The van der Waals surface area contributed by atoms with Crippen LogP contribution < -0.4 is 10.6 Å². The van der Waals surface area contributed by atoms with Gasteiger partial charge in [-0.25, -0.2) is 4.79 Å². The summed E-state index contributed by atoms with van der Waals surface area (Å²) in [7, 11) is 0. The third-order valence-corrected chi connectivity index (χ3v) is 4.42. The molecule has 2 N–H and O–H groups in total. The number of carbonyl (C=O) groups is 3. The van der Waals surface area contributed by atoms with Crippen LogP contribution in [0.1, 0.15) is 29.8 Å². The van der Waals surface area contributed by atoms with Crippen molar-refractivity contribution in [2.45, 2.75) is 26.8 Å². The Bertz CT molecular complexity index is 867. The number of hydrogen-bond donors (Lipinski definition) is 2. The molecule has 0 spiro atoms. The minimum absolute atomic E-state index is 0.238.